The summed E-state index contributed by atoms with van der Waals surface area (Å²) in [7, 11) is 0. The van der Waals surface area contributed by atoms with Crippen molar-refractivity contribution in [1.82, 2.24) is 9.80 Å². The van der Waals surface area contributed by atoms with E-state index in [0.29, 0.717) is 11.5 Å². The van der Waals surface area contributed by atoms with E-state index in [1.54, 1.807) is 0 Å². The Kier molecular flexibility index (Phi) is 9.05. The first-order chi connectivity index (χ1) is 20.2. The zero-order valence-corrected chi connectivity index (χ0v) is 26.1. The highest BCUT2D eigenvalue weighted by atomic mass is 16.3. The first-order valence-electron chi connectivity index (χ1n) is 15.3. The maximum Gasteiger partial charge on any atom is 0.124 e. The molecule has 5 rings (SSSR count). The average molecular weight is 563 g/mol. The first kappa shape index (κ1) is 29.9. The summed E-state index contributed by atoms with van der Waals surface area (Å²) in [5.41, 5.74) is 11.3. The second kappa shape index (κ2) is 12.7. The van der Waals surface area contributed by atoms with Crippen LogP contribution >= 0.6 is 0 Å². The van der Waals surface area contributed by atoms with Gasteiger partial charge >= 0.3 is 0 Å². The van der Waals surface area contributed by atoms with E-state index < -0.39 is 0 Å². The van der Waals surface area contributed by atoms with Gasteiger partial charge in [-0.2, -0.15) is 0 Å². The molecule has 0 spiro atoms. The van der Waals surface area contributed by atoms with E-state index in [0.717, 1.165) is 61.5 Å². The molecule has 1 fully saturated rings. The quantitative estimate of drug-likeness (QED) is 0.229. The molecule has 42 heavy (non-hydrogen) atoms. The van der Waals surface area contributed by atoms with Gasteiger partial charge in [0.05, 0.1) is 0 Å². The van der Waals surface area contributed by atoms with Crippen molar-refractivity contribution in [2.75, 3.05) is 26.2 Å². The second-order valence-corrected chi connectivity index (χ2v) is 12.3. The summed E-state index contributed by atoms with van der Waals surface area (Å²) < 4.78 is 0. The van der Waals surface area contributed by atoms with Crippen LogP contribution in [0.15, 0.2) is 72.8 Å². The van der Waals surface area contributed by atoms with Crippen LogP contribution in [0, 0.1) is 27.7 Å². The molecular formula is C38H46N2O2. The molecule has 2 N–H and O–H groups in total. The summed E-state index contributed by atoms with van der Waals surface area (Å²) in [5, 5.41) is 23.0. The predicted molar refractivity (Wildman–Crippen MR) is 174 cm³/mol. The Morgan fingerprint density at radius 1 is 0.571 bits per heavy atom. The van der Waals surface area contributed by atoms with Gasteiger partial charge in [0.15, 0.2) is 0 Å². The van der Waals surface area contributed by atoms with Crippen molar-refractivity contribution in [3.63, 3.8) is 0 Å². The standard InChI is InChI=1S/C38H46N2O2/c1-25-21-33(29(5)31-13-9-7-10-14-31)37(41)35(27(25)3)23-39-17-19-40(20-18-39)24-36-28(4)26(2)22-34(38(36)42)30(6)32-15-11-8-12-16-32/h7-16,21-22,29-30,41-42H,17-20,23-24H2,1-6H3/t29-,30-/m1/s1. The molecule has 1 saturated heterocycles. The van der Waals surface area contributed by atoms with Gasteiger partial charge in [-0.15, -0.1) is 0 Å². The van der Waals surface area contributed by atoms with Crippen LogP contribution in [-0.2, 0) is 13.1 Å². The highest BCUT2D eigenvalue weighted by Gasteiger charge is 2.25. The largest absolute Gasteiger partial charge is 0.507 e. The maximum absolute atomic E-state index is 11.5. The molecule has 0 aliphatic carbocycles. The summed E-state index contributed by atoms with van der Waals surface area (Å²) in [6.45, 7) is 18.1. The monoisotopic (exact) mass is 562 g/mol. The smallest absolute Gasteiger partial charge is 0.124 e. The summed E-state index contributed by atoms with van der Waals surface area (Å²) in [6, 6.07) is 25.2. The minimum Gasteiger partial charge on any atom is -0.507 e. The van der Waals surface area contributed by atoms with Crippen molar-refractivity contribution < 1.29 is 10.2 Å². The van der Waals surface area contributed by atoms with Crippen LogP contribution in [0.4, 0.5) is 0 Å². The lowest BCUT2D eigenvalue weighted by Gasteiger charge is -2.36. The molecule has 4 nitrogen and oxygen atoms in total. The van der Waals surface area contributed by atoms with E-state index in [1.807, 2.05) is 12.1 Å². The van der Waals surface area contributed by atoms with E-state index in [4.69, 9.17) is 0 Å². The van der Waals surface area contributed by atoms with Crippen molar-refractivity contribution in [1.29, 1.82) is 0 Å². The second-order valence-electron chi connectivity index (χ2n) is 12.3. The zero-order chi connectivity index (χ0) is 30.0. The van der Waals surface area contributed by atoms with Crippen molar-refractivity contribution >= 4 is 0 Å². The number of hydrogen-bond donors (Lipinski definition) is 2. The van der Waals surface area contributed by atoms with Gasteiger partial charge in [-0.05, 0) is 61.1 Å². The fraction of sp³-hybridized carbons (Fsp3) is 0.368. The van der Waals surface area contributed by atoms with E-state index >= 15 is 0 Å². The summed E-state index contributed by atoms with van der Waals surface area (Å²) in [5.74, 6) is 1.14. The lowest BCUT2D eigenvalue weighted by molar-refractivity contribution is 0.120. The van der Waals surface area contributed by atoms with Gasteiger partial charge in [0, 0.05) is 73.4 Å². The number of rotatable bonds is 8. The molecule has 220 valence electrons. The number of aromatic hydroxyl groups is 2. The number of phenolic OH excluding ortho intramolecular Hbond substituents is 2. The molecule has 0 bridgehead atoms. The normalized spacial score (nSPS) is 16.0. The molecule has 0 saturated carbocycles. The van der Waals surface area contributed by atoms with Crippen molar-refractivity contribution in [2.24, 2.45) is 0 Å². The lowest BCUT2D eigenvalue weighted by Crippen LogP contribution is -2.45. The van der Waals surface area contributed by atoms with Gasteiger partial charge in [-0.25, -0.2) is 0 Å². The first-order valence-corrected chi connectivity index (χ1v) is 15.3. The summed E-state index contributed by atoms with van der Waals surface area (Å²) >= 11 is 0. The topological polar surface area (TPSA) is 46.9 Å². The number of hydrogen-bond acceptors (Lipinski definition) is 4. The number of aryl methyl sites for hydroxylation is 2. The molecule has 4 heteroatoms. The third kappa shape index (κ3) is 6.11. The molecule has 1 aliphatic heterocycles. The van der Waals surface area contributed by atoms with Crippen molar-refractivity contribution in [3.05, 3.63) is 128 Å². The van der Waals surface area contributed by atoms with Crippen molar-refractivity contribution in [2.45, 2.75) is 66.5 Å². The summed E-state index contributed by atoms with van der Waals surface area (Å²) in [6.07, 6.45) is 0. The van der Waals surface area contributed by atoms with Gasteiger partial charge < -0.3 is 10.2 Å². The molecule has 1 aliphatic rings. The minimum atomic E-state index is 0.126. The van der Waals surface area contributed by atoms with Gasteiger partial charge in [0.1, 0.15) is 11.5 Å². The van der Waals surface area contributed by atoms with E-state index in [2.05, 4.69) is 112 Å². The molecule has 2 atom stereocenters. The molecule has 1 heterocycles. The van der Waals surface area contributed by atoms with Crippen LogP contribution < -0.4 is 0 Å². The van der Waals surface area contributed by atoms with Gasteiger partial charge in [0.2, 0.25) is 0 Å². The van der Waals surface area contributed by atoms with Crippen LogP contribution in [0.2, 0.25) is 0 Å². The number of benzene rings is 4. The third-order valence-corrected chi connectivity index (χ3v) is 9.71. The van der Waals surface area contributed by atoms with Crippen LogP contribution in [-0.4, -0.2) is 46.2 Å². The molecule has 4 aromatic carbocycles. The van der Waals surface area contributed by atoms with Gasteiger partial charge in [-0.3, -0.25) is 9.80 Å². The predicted octanol–water partition coefficient (Wildman–Crippen LogP) is 7.95. The molecule has 0 aromatic heterocycles. The van der Waals surface area contributed by atoms with E-state index in [9.17, 15) is 10.2 Å². The van der Waals surface area contributed by atoms with Gasteiger partial charge in [-0.1, -0.05) is 86.6 Å². The fourth-order valence-corrected chi connectivity index (χ4v) is 6.44. The van der Waals surface area contributed by atoms with Crippen molar-refractivity contribution in [3.8, 4) is 11.5 Å². The molecule has 4 aromatic rings. The Labute approximate surface area is 252 Å². The Bertz CT molecular complexity index is 1410. The Hall–Kier alpha value is -3.60. The van der Waals surface area contributed by atoms with E-state index in [-0.39, 0.29) is 11.8 Å². The highest BCUT2D eigenvalue weighted by Crippen LogP contribution is 2.39. The number of phenols is 2. The molecule has 0 radical (unpaired) electrons. The highest BCUT2D eigenvalue weighted by molar-refractivity contribution is 5.53. The van der Waals surface area contributed by atoms with Crippen LogP contribution in [0.3, 0.4) is 0 Å². The average Bonchev–Trinajstić information content (AvgIpc) is 3.02. The van der Waals surface area contributed by atoms with Crippen LogP contribution in [0.5, 0.6) is 11.5 Å². The minimum absolute atomic E-state index is 0.126. The zero-order valence-electron chi connectivity index (χ0n) is 26.1. The fourth-order valence-electron chi connectivity index (χ4n) is 6.44. The molecular weight excluding hydrogens is 516 g/mol. The van der Waals surface area contributed by atoms with E-state index in [1.165, 1.54) is 33.4 Å². The SMILES string of the molecule is Cc1cc([C@H](C)c2ccccc2)c(O)c(CN2CCN(Cc3c(C)c(C)cc([C@H](C)c4ccccc4)c3O)CC2)c1C. The maximum atomic E-state index is 11.5. The number of nitrogens with zero attached hydrogens (tertiary/aromatic N) is 2. The lowest BCUT2D eigenvalue weighted by atomic mass is 9.87. The molecule has 0 unspecified atom stereocenters. The van der Waals surface area contributed by atoms with Crippen LogP contribution in [0.1, 0.15) is 81.3 Å². The Morgan fingerprint density at radius 3 is 1.24 bits per heavy atom. The Balaban J connectivity index is 1.30. The number of piperazine rings is 1. The van der Waals surface area contributed by atoms with Gasteiger partial charge in [0.25, 0.3) is 0 Å². The molecule has 0 amide bonds. The Morgan fingerprint density at radius 2 is 0.905 bits per heavy atom. The third-order valence-electron chi connectivity index (χ3n) is 9.71. The van der Waals surface area contributed by atoms with Crippen LogP contribution in [0.25, 0.3) is 0 Å². The summed E-state index contributed by atoms with van der Waals surface area (Å²) in [4.78, 5) is 4.92.